The molecule has 0 bridgehead atoms. The average Bonchev–Trinajstić information content (AvgIpc) is 3.05. The van der Waals surface area contributed by atoms with Crippen molar-refractivity contribution in [2.24, 2.45) is 0 Å². The van der Waals surface area contributed by atoms with Crippen molar-refractivity contribution in [3.63, 3.8) is 0 Å². The number of halogens is 1. The molecule has 41 heavy (non-hydrogen) atoms. The molecule has 0 amide bonds. The second-order valence-electron chi connectivity index (χ2n) is 9.88. The van der Waals surface area contributed by atoms with Crippen LogP contribution in [0.15, 0.2) is 150 Å². The fraction of sp³-hybridized carbons (Fsp3) is 0. The van der Waals surface area contributed by atoms with Gasteiger partial charge in [0, 0.05) is 21.2 Å². The minimum Gasteiger partial charge on any atom is -0.208 e. The molecule has 0 saturated heterocycles. The largest absolute Gasteiger partial charge is 0.208 e. The Hall–Kier alpha value is -4.93. The molecule has 1 heterocycles. The highest BCUT2D eigenvalue weighted by Gasteiger charge is 2.16. The van der Waals surface area contributed by atoms with Gasteiger partial charge in [0.2, 0.25) is 0 Å². The SMILES string of the molecule is Brc1cc2ccccc2cc1-c1nc(-c2cccc(-c3ccccc3)c2)nc(-c2cccc(-c3ccccc3)c2)n1. The van der Waals surface area contributed by atoms with E-state index in [0.29, 0.717) is 17.5 Å². The maximum Gasteiger partial charge on any atom is 0.165 e. The first-order valence-electron chi connectivity index (χ1n) is 13.5. The predicted octanol–water partition coefficient (Wildman–Crippen LogP) is 10.1. The number of hydrogen-bond donors (Lipinski definition) is 0. The molecule has 0 aliphatic heterocycles. The van der Waals surface area contributed by atoms with Gasteiger partial charge in [0.05, 0.1) is 0 Å². The van der Waals surface area contributed by atoms with E-state index in [1.807, 2.05) is 18.2 Å². The molecule has 3 nitrogen and oxygen atoms in total. The Morgan fingerprint density at radius 1 is 0.341 bits per heavy atom. The molecule has 6 aromatic carbocycles. The molecule has 0 aliphatic carbocycles. The number of benzene rings is 6. The smallest absolute Gasteiger partial charge is 0.165 e. The molecule has 1 aromatic heterocycles. The summed E-state index contributed by atoms with van der Waals surface area (Å²) >= 11 is 3.80. The Labute approximate surface area is 247 Å². The zero-order valence-corrected chi connectivity index (χ0v) is 23.7. The summed E-state index contributed by atoms with van der Waals surface area (Å²) in [5.41, 5.74) is 7.33. The van der Waals surface area contributed by atoms with E-state index in [9.17, 15) is 0 Å². The first kappa shape index (κ1) is 25.1. The van der Waals surface area contributed by atoms with E-state index in [4.69, 9.17) is 15.0 Å². The third-order valence-corrected chi connectivity index (χ3v) is 7.82. The summed E-state index contributed by atoms with van der Waals surface area (Å²) in [7, 11) is 0. The van der Waals surface area contributed by atoms with E-state index in [1.54, 1.807) is 0 Å². The van der Waals surface area contributed by atoms with Crippen molar-refractivity contribution in [2.75, 3.05) is 0 Å². The molecular weight excluding hydrogens is 566 g/mol. The van der Waals surface area contributed by atoms with E-state index in [2.05, 4.69) is 143 Å². The number of nitrogens with zero attached hydrogens (tertiary/aromatic N) is 3. The van der Waals surface area contributed by atoms with Gasteiger partial charge in [-0.15, -0.1) is 0 Å². The molecule has 0 aliphatic rings. The van der Waals surface area contributed by atoms with Crippen LogP contribution in [0.5, 0.6) is 0 Å². The quantitative estimate of drug-likeness (QED) is 0.200. The Morgan fingerprint density at radius 2 is 0.756 bits per heavy atom. The first-order chi connectivity index (χ1) is 20.2. The molecule has 4 heteroatoms. The maximum atomic E-state index is 5.03. The van der Waals surface area contributed by atoms with Crippen molar-refractivity contribution in [3.05, 3.63) is 150 Å². The van der Waals surface area contributed by atoms with Crippen molar-refractivity contribution < 1.29 is 0 Å². The van der Waals surface area contributed by atoms with Gasteiger partial charge in [0.1, 0.15) is 0 Å². The van der Waals surface area contributed by atoms with Gasteiger partial charge in [-0.2, -0.15) is 0 Å². The summed E-state index contributed by atoms with van der Waals surface area (Å²) in [5, 5.41) is 2.29. The molecule has 194 valence electrons. The van der Waals surface area contributed by atoms with E-state index >= 15 is 0 Å². The van der Waals surface area contributed by atoms with E-state index in [1.165, 1.54) is 0 Å². The van der Waals surface area contributed by atoms with Gasteiger partial charge in [0.25, 0.3) is 0 Å². The summed E-state index contributed by atoms with van der Waals surface area (Å²) < 4.78 is 0.940. The number of rotatable bonds is 5. The van der Waals surface area contributed by atoms with Crippen LogP contribution in [0.2, 0.25) is 0 Å². The molecule has 0 saturated carbocycles. The van der Waals surface area contributed by atoms with Crippen LogP contribution in [0.1, 0.15) is 0 Å². The van der Waals surface area contributed by atoms with Crippen molar-refractivity contribution in [1.29, 1.82) is 0 Å². The van der Waals surface area contributed by atoms with Crippen molar-refractivity contribution in [2.45, 2.75) is 0 Å². The Balaban J connectivity index is 1.42. The standard InChI is InChI=1S/C37H24BrN3/c38-34-24-30-16-8-7-15-29(30)23-33(34)37-40-35(31-19-9-17-27(21-31)25-11-3-1-4-12-25)39-36(41-37)32-20-10-18-28(22-32)26-13-5-2-6-14-26/h1-24H. The van der Waals surface area contributed by atoms with Gasteiger partial charge in [-0.1, -0.05) is 137 Å². The van der Waals surface area contributed by atoms with Gasteiger partial charge in [-0.05, 0) is 57.3 Å². The highest BCUT2D eigenvalue weighted by Crippen LogP contribution is 2.34. The van der Waals surface area contributed by atoms with Crippen LogP contribution in [0, 0.1) is 0 Å². The molecule has 0 spiro atoms. The van der Waals surface area contributed by atoms with Crippen LogP contribution in [0.25, 0.3) is 67.2 Å². The molecule has 0 unspecified atom stereocenters. The summed E-state index contributed by atoms with van der Waals surface area (Å²) in [4.78, 5) is 15.1. The fourth-order valence-corrected chi connectivity index (χ4v) is 5.61. The van der Waals surface area contributed by atoms with Gasteiger partial charge in [-0.25, -0.2) is 15.0 Å². The van der Waals surface area contributed by atoms with E-state index in [-0.39, 0.29) is 0 Å². The van der Waals surface area contributed by atoms with Crippen molar-refractivity contribution in [3.8, 4) is 56.4 Å². The van der Waals surface area contributed by atoms with Crippen LogP contribution < -0.4 is 0 Å². The second-order valence-corrected chi connectivity index (χ2v) is 10.7. The monoisotopic (exact) mass is 589 g/mol. The van der Waals surface area contributed by atoms with Crippen LogP contribution >= 0.6 is 15.9 Å². The van der Waals surface area contributed by atoms with Crippen LogP contribution in [-0.4, -0.2) is 15.0 Å². The molecule has 0 N–H and O–H groups in total. The molecule has 7 rings (SSSR count). The summed E-state index contributed by atoms with van der Waals surface area (Å²) in [6.07, 6.45) is 0. The third-order valence-electron chi connectivity index (χ3n) is 7.17. The Bertz CT molecular complexity index is 1900. The van der Waals surface area contributed by atoms with Crippen molar-refractivity contribution in [1.82, 2.24) is 15.0 Å². The van der Waals surface area contributed by atoms with Crippen LogP contribution in [0.3, 0.4) is 0 Å². The van der Waals surface area contributed by atoms with E-state index < -0.39 is 0 Å². The fourth-order valence-electron chi connectivity index (χ4n) is 5.08. The topological polar surface area (TPSA) is 38.7 Å². The molecular formula is C37H24BrN3. The molecule has 0 fully saturated rings. The first-order valence-corrected chi connectivity index (χ1v) is 14.3. The lowest BCUT2D eigenvalue weighted by Gasteiger charge is -2.12. The lowest BCUT2D eigenvalue weighted by Crippen LogP contribution is -2.01. The van der Waals surface area contributed by atoms with Gasteiger partial charge in [-0.3, -0.25) is 0 Å². The van der Waals surface area contributed by atoms with Gasteiger partial charge >= 0.3 is 0 Å². The Kier molecular flexibility index (Phi) is 6.67. The lowest BCUT2D eigenvalue weighted by atomic mass is 10.0. The molecule has 0 atom stereocenters. The lowest BCUT2D eigenvalue weighted by molar-refractivity contribution is 1.07. The molecule has 7 aromatic rings. The minimum absolute atomic E-state index is 0.623. The van der Waals surface area contributed by atoms with E-state index in [0.717, 1.165) is 54.2 Å². The third kappa shape index (κ3) is 5.18. The van der Waals surface area contributed by atoms with Crippen LogP contribution in [-0.2, 0) is 0 Å². The predicted molar refractivity (Wildman–Crippen MR) is 172 cm³/mol. The van der Waals surface area contributed by atoms with Gasteiger partial charge in [0.15, 0.2) is 17.5 Å². The minimum atomic E-state index is 0.623. The number of hydrogen-bond acceptors (Lipinski definition) is 3. The van der Waals surface area contributed by atoms with Crippen molar-refractivity contribution >= 4 is 26.7 Å². The highest BCUT2D eigenvalue weighted by atomic mass is 79.9. The van der Waals surface area contributed by atoms with Crippen LogP contribution in [0.4, 0.5) is 0 Å². The normalized spacial score (nSPS) is 11.0. The number of aromatic nitrogens is 3. The summed E-state index contributed by atoms with van der Waals surface area (Å²) in [6.45, 7) is 0. The summed E-state index contributed by atoms with van der Waals surface area (Å²) in [6, 6.07) is 50.1. The van der Waals surface area contributed by atoms with Gasteiger partial charge < -0.3 is 0 Å². The summed E-state index contributed by atoms with van der Waals surface area (Å²) in [5.74, 6) is 1.89. The Morgan fingerprint density at radius 3 is 1.29 bits per heavy atom. The zero-order valence-electron chi connectivity index (χ0n) is 22.1. The average molecular weight is 591 g/mol. The molecule has 0 radical (unpaired) electrons. The highest BCUT2D eigenvalue weighted by molar-refractivity contribution is 9.10. The number of fused-ring (bicyclic) bond motifs is 1. The second kappa shape index (κ2) is 10.9. The maximum absolute atomic E-state index is 5.03. The zero-order chi connectivity index (χ0) is 27.6.